The van der Waals surface area contributed by atoms with Crippen LogP contribution in [0.3, 0.4) is 0 Å². The highest BCUT2D eigenvalue weighted by molar-refractivity contribution is 5.81. The van der Waals surface area contributed by atoms with E-state index in [0.29, 0.717) is 23.5 Å². The summed E-state index contributed by atoms with van der Waals surface area (Å²) in [6.45, 7) is 4.48. The number of fused-ring (bicyclic) bond motifs is 2. The van der Waals surface area contributed by atoms with Crippen LogP contribution < -0.4 is 11.1 Å². The van der Waals surface area contributed by atoms with Crippen LogP contribution in [0.1, 0.15) is 20.1 Å². The van der Waals surface area contributed by atoms with E-state index < -0.39 is 5.79 Å². The van der Waals surface area contributed by atoms with Gasteiger partial charge in [-0.15, -0.1) is 0 Å². The van der Waals surface area contributed by atoms with Gasteiger partial charge in [-0.1, -0.05) is 0 Å². The fraction of sp³-hybridized carbons (Fsp3) is 0.643. The van der Waals surface area contributed by atoms with Gasteiger partial charge in [0.25, 0.3) is 0 Å². The largest absolute Gasteiger partial charge is 0.382 e. The molecule has 4 heterocycles. The molecule has 2 fully saturated rings. The minimum absolute atomic E-state index is 0.117. The van der Waals surface area contributed by atoms with Gasteiger partial charge >= 0.3 is 0 Å². The Morgan fingerprint density at radius 3 is 2.83 bits per heavy atom. The third kappa shape index (κ3) is 2.27. The van der Waals surface area contributed by atoms with E-state index in [-0.39, 0.29) is 24.5 Å². The Bertz CT molecular complexity index is 732. The fourth-order valence-corrected chi connectivity index (χ4v) is 3.30. The molecule has 2 aromatic rings. The lowest BCUT2D eigenvalue weighted by atomic mass is 10.1. The number of aromatic nitrogens is 4. The molecule has 124 valence electrons. The summed E-state index contributed by atoms with van der Waals surface area (Å²) in [5.74, 6) is -0.299. The predicted octanol–water partition coefficient (Wildman–Crippen LogP) is 0.0454. The van der Waals surface area contributed by atoms with Crippen LogP contribution >= 0.6 is 0 Å². The van der Waals surface area contributed by atoms with Gasteiger partial charge in [0.15, 0.2) is 23.5 Å². The molecule has 2 aliphatic rings. The van der Waals surface area contributed by atoms with Crippen molar-refractivity contribution in [3.8, 4) is 0 Å². The zero-order valence-corrected chi connectivity index (χ0v) is 13.3. The molecule has 0 aliphatic carbocycles. The van der Waals surface area contributed by atoms with Crippen LogP contribution in [0.25, 0.3) is 11.2 Å². The minimum Gasteiger partial charge on any atom is -0.382 e. The molecule has 3 N–H and O–H groups in total. The summed E-state index contributed by atoms with van der Waals surface area (Å²) in [4.78, 5) is 12.6. The molecule has 2 aliphatic heterocycles. The molecular formula is C14H20N6O3. The van der Waals surface area contributed by atoms with Crippen LogP contribution in [0.5, 0.6) is 0 Å². The molecule has 2 aromatic heterocycles. The Labute approximate surface area is 133 Å². The van der Waals surface area contributed by atoms with E-state index in [9.17, 15) is 0 Å². The molecule has 2 saturated heterocycles. The van der Waals surface area contributed by atoms with Crippen molar-refractivity contribution in [3.05, 3.63) is 12.7 Å². The highest BCUT2D eigenvalue weighted by atomic mass is 16.8. The van der Waals surface area contributed by atoms with Gasteiger partial charge in [-0.2, -0.15) is 0 Å². The van der Waals surface area contributed by atoms with Crippen molar-refractivity contribution in [3.63, 3.8) is 0 Å². The van der Waals surface area contributed by atoms with Gasteiger partial charge in [-0.3, -0.25) is 4.57 Å². The first-order valence-corrected chi connectivity index (χ1v) is 7.59. The highest BCUT2D eigenvalue weighted by Crippen LogP contribution is 2.43. The quantitative estimate of drug-likeness (QED) is 0.816. The number of likely N-dealkylation sites (N-methyl/N-ethyl adjacent to an activating group) is 1. The highest BCUT2D eigenvalue weighted by Gasteiger charge is 2.55. The second-order valence-corrected chi connectivity index (χ2v) is 6.27. The van der Waals surface area contributed by atoms with E-state index >= 15 is 0 Å². The van der Waals surface area contributed by atoms with Crippen LogP contribution in [0.4, 0.5) is 5.82 Å². The van der Waals surface area contributed by atoms with Gasteiger partial charge in [-0.05, 0) is 20.9 Å². The lowest BCUT2D eigenvalue weighted by molar-refractivity contribution is -0.195. The lowest BCUT2D eigenvalue weighted by Gasteiger charge is -2.24. The van der Waals surface area contributed by atoms with E-state index in [1.807, 2.05) is 25.5 Å². The second kappa shape index (κ2) is 5.10. The van der Waals surface area contributed by atoms with E-state index in [4.69, 9.17) is 19.9 Å². The number of nitrogens with two attached hydrogens (primary N) is 1. The van der Waals surface area contributed by atoms with Crippen molar-refractivity contribution in [2.24, 2.45) is 0 Å². The summed E-state index contributed by atoms with van der Waals surface area (Å²) in [5, 5.41) is 3.13. The summed E-state index contributed by atoms with van der Waals surface area (Å²) < 4.78 is 20.1. The van der Waals surface area contributed by atoms with Crippen molar-refractivity contribution >= 4 is 17.0 Å². The first-order chi connectivity index (χ1) is 11.0. The number of imidazole rings is 1. The number of hydrogen-bond acceptors (Lipinski definition) is 8. The van der Waals surface area contributed by atoms with Gasteiger partial charge in [0.1, 0.15) is 30.2 Å². The average Bonchev–Trinajstić information content (AvgIpc) is 3.13. The number of anilines is 1. The van der Waals surface area contributed by atoms with Crippen LogP contribution in [0.2, 0.25) is 0 Å². The lowest BCUT2D eigenvalue weighted by Crippen LogP contribution is -2.36. The zero-order valence-electron chi connectivity index (χ0n) is 13.3. The molecule has 0 bridgehead atoms. The standard InChI is InChI=1S/C14H20N6O3/c1-14(2)22-9-7(4-16-3)21-13(10(9)23-14)20-6-19-8-11(15)17-5-18-12(8)20/h5-7,9-10,13,16H,4H2,1-3H3,(H2,15,17,18)/t7-,9-,10?,13-/m1/s1. The van der Waals surface area contributed by atoms with Crippen molar-refractivity contribution in [2.75, 3.05) is 19.3 Å². The van der Waals surface area contributed by atoms with E-state index in [2.05, 4.69) is 20.3 Å². The van der Waals surface area contributed by atoms with E-state index in [1.165, 1.54) is 6.33 Å². The monoisotopic (exact) mass is 320 g/mol. The second-order valence-electron chi connectivity index (χ2n) is 6.27. The molecule has 0 saturated carbocycles. The molecule has 23 heavy (non-hydrogen) atoms. The third-order valence-corrected chi connectivity index (χ3v) is 4.19. The Hall–Kier alpha value is -1.81. The summed E-state index contributed by atoms with van der Waals surface area (Å²) in [6.07, 6.45) is 2.20. The fourth-order valence-electron chi connectivity index (χ4n) is 3.30. The number of rotatable bonds is 3. The molecule has 4 atom stereocenters. The van der Waals surface area contributed by atoms with Crippen molar-refractivity contribution < 1.29 is 14.2 Å². The summed E-state index contributed by atoms with van der Waals surface area (Å²) in [6, 6.07) is 0. The maximum absolute atomic E-state index is 6.16. The molecule has 1 unspecified atom stereocenters. The molecule has 9 heteroatoms. The third-order valence-electron chi connectivity index (χ3n) is 4.19. The van der Waals surface area contributed by atoms with E-state index in [0.717, 1.165) is 0 Å². The van der Waals surface area contributed by atoms with Crippen molar-refractivity contribution in [2.45, 2.75) is 44.2 Å². The maximum atomic E-state index is 6.16. The number of nitrogen functional groups attached to an aromatic ring is 1. The van der Waals surface area contributed by atoms with Gasteiger partial charge in [0.2, 0.25) is 0 Å². The average molecular weight is 320 g/mol. The maximum Gasteiger partial charge on any atom is 0.167 e. The molecule has 9 nitrogen and oxygen atoms in total. The van der Waals surface area contributed by atoms with Gasteiger partial charge in [0.05, 0.1) is 6.33 Å². The minimum atomic E-state index is -0.645. The summed E-state index contributed by atoms with van der Waals surface area (Å²) in [7, 11) is 1.88. The topological polar surface area (TPSA) is 109 Å². The number of nitrogens with zero attached hydrogens (tertiary/aromatic N) is 4. The van der Waals surface area contributed by atoms with Crippen molar-refractivity contribution in [1.82, 2.24) is 24.8 Å². The van der Waals surface area contributed by atoms with Crippen LogP contribution in [-0.4, -0.2) is 57.2 Å². The number of nitrogens with one attached hydrogen (secondary N) is 1. The van der Waals surface area contributed by atoms with Crippen LogP contribution in [-0.2, 0) is 14.2 Å². The summed E-state index contributed by atoms with van der Waals surface area (Å²) in [5.41, 5.74) is 7.04. The molecule has 0 amide bonds. The number of ether oxygens (including phenoxy) is 3. The van der Waals surface area contributed by atoms with E-state index in [1.54, 1.807) is 6.33 Å². The Kier molecular flexibility index (Phi) is 3.27. The molecule has 0 spiro atoms. The smallest absolute Gasteiger partial charge is 0.167 e. The van der Waals surface area contributed by atoms with Gasteiger partial charge in [0, 0.05) is 6.54 Å². The van der Waals surface area contributed by atoms with Crippen LogP contribution in [0, 0.1) is 0 Å². The number of hydrogen-bond donors (Lipinski definition) is 2. The molecular weight excluding hydrogens is 300 g/mol. The normalized spacial score (nSPS) is 32.5. The van der Waals surface area contributed by atoms with Crippen molar-refractivity contribution in [1.29, 1.82) is 0 Å². The Balaban J connectivity index is 1.74. The SMILES string of the molecule is CNC[C@H]1O[C@@H](n2cnc3c(N)ncnc32)C2OC(C)(C)O[C@@H]21. The van der Waals surface area contributed by atoms with Crippen LogP contribution in [0.15, 0.2) is 12.7 Å². The summed E-state index contributed by atoms with van der Waals surface area (Å²) >= 11 is 0. The Morgan fingerprint density at radius 2 is 2.04 bits per heavy atom. The Morgan fingerprint density at radius 1 is 1.26 bits per heavy atom. The first-order valence-electron chi connectivity index (χ1n) is 7.59. The molecule has 4 rings (SSSR count). The molecule has 0 radical (unpaired) electrons. The predicted molar refractivity (Wildman–Crippen MR) is 81.4 cm³/mol. The van der Waals surface area contributed by atoms with Gasteiger partial charge in [-0.25, -0.2) is 15.0 Å². The van der Waals surface area contributed by atoms with Gasteiger partial charge < -0.3 is 25.3 Å². The molecule has 0 aromatic carbocycles. The zero-order chi connectivity index (χ0) is 16.2. The first kappa shape index (κ1) is 14.8.